The smallest absolute Gasteiger partial charge is 0.139 e. The maximum atomic E-state index is 6.71. The molecule has 0 saturated carbocycles. The molecule has 5 aromatic carbocycles. The van der Waals surface area contributed by atoms with Gasteiger partial charge in [-0.15, -0.1) is 0 Å². The van der Waals surface area contributed by atoms with Crippen LogP contribution in [0.15, 0.2) is 120 Å². The van der Waals surface area contributed by atoms with Crippen LogP contribution in [0.4, 0.5) is 5.69 Å². The fourth-order valence-electron chi connectivity index (χ4n) is 7.59. The lowest BCUT2D eigenvalue weighted by molar-refractivity contribution is 0.478. The minimum absolute atomic E-state index is 0.0655. The van der Waals surface area contributed by atoms with Crippen molar-refractivity contribution in [2.24, 2.45) is 5.10 Å². The number of benzene rings is 5. The number of aryl methyl sites for hydroxylation is 2. The van der Waals surface area contributed by atoms with Crippen LogP contribution in [0.5, 0.6) is 11.5 Å². The van der Waals surface area contributed by atoms with E-state index in [-0.39, 0.29) is 5.41 Å². The number of anilines is 1. The number of para-hydroxylation sites is 3. The van der Waals surface area contributed by atoms with Crippen LogP contribution in [-0.2, 0) is 5.41 Å². The molecule has 1 aliphatic heterocycles. The van der Waals surface area contributed by atoms with Crippen LogP contribution in [0.1, 0.15) is 37.5 Å². The molecular weight excluding hydrogens is 629 g/mol. The molecule has 9 rings (SSSR count). The normalized spacial score (nSPS) is 13.5. The Bertz CT molecular complexity index is 2630. The van der Waals surface area contributed by atoms with Gasteiger partial charge in [-0.05, 0) is 72.4 Å². The summed E-state index contributed by atoms with van der Waals surface area (Å²) < 4.78 is 11.4. The Morgan fingerprint density at radius 1 is 0.627 bits per heavy atom. The van der Waals surface area contributed by atoms with E-state index in [0.717, 1.165) is 45.1 Å². The maximum Gasteiger partial charge on any atom is 0.139 e. The molecular formula is C44H40N6O. The molecule has 1 aliphatic rings. The summed E-state index contributed by atoms with van der Waals surface area (Å²) in [7, 11) is 2.03. The average molecular weight is 669 g/mol. The van der Waals surface area contributed by atoms with Gasteiger partial charge in [0.25, 0.3) is 0 Å². The van der Waals surface area contributed by atoms with Gasteiger partial charge < -0.3 is 14.2 Å². The van der Waals surface area contributed by atoms with Crippen molar-refractivity contribution >= 4 is 55.6 Å². The van der Waals surface area contributed by atoms with E-state index in [1.807, 2.05) is 24.6 Å². The van der Waals surface area contributed by atoms with Gasteiger partial charge in [0, 0.05) is 53.0 Å². The molecule has 3 aromatic heterocycles. The Labute approximate surface area is 297 Å². The second kappa shape index (κ2) is 11.5. The van der Waals surface area contributed by atoms with Crippen LogP contribution in [0.3, 0.4) is 0 Å². The minimum Gasteiger partial charge on any atom is -0.457 e. The first-order valence-electron chi connectivity index (χ1n) is 17.5. The van der Waals surface area contributed by atoms with Gasteiger partial charge in [0.05, 0.1) is 33.4 Å². The second-order valence-electron chi connectivity index (χ2n) is 14.8. The molecule has 7 heteroatoms. The zero-order valence-electron chi connectivity index (χ0n) is 29.8. The highest BCUT2D eigenvalue weighted by Gasteiger charge is 2.22. The molecule has 0 fully saturated rings. The fourth-order valence-corrected chi connectivity index (χ4v) is 7.59. The Kier molecular flexibility index (Phi) is 6.97. The van der Waals surface area contributed by atoms with Crippen molar-refractivity contribution < 1.29 is 4.74 Å². The van der Waals surface area contributed by atoms with Gasteiger partial charge in [-0.1, -0.05) is 75.4 Å². The highest BCUT2D eigenvalue weighted by atomic mass is 16.5. The first kappa shape index (κ1) is 30.9. The highest BCUT2D eigenvalue weighted by molar-refractivity contribution is 6.12. The first-order valence-corrected chi connectivity index (χ1v) is 17.5. The Morgan fingerprint density at radius 2 is 1.33 bits per heavy atom. The van der Waals surface area contributed by atoms with Gasteiger partial charge in [0.1, 0.15) is 30.3 Å². The van der Waals surface area contributed by atoms with Crippen molar-refractivity contribution in [1.29, 1.82) is 0 Å². The number of aromatic nitrogens is 3. The average Bonchev–Trinajstić information content (AvgIpc) is 3.81. The zero-order chi connectivity index (χ0) is 35.0. The molecule has 51 heavy (non-hydrogen) atoms. The molecule has 7 nitrogen and oxygen atoms in total. The van der Waals surface area contributed by atoms with Crippen molar-refractivity contribution in [3.63, 3.8) is 0 Å². The van der Waals surface area contributed by atoms with Crippen LogP contribution in [0.25, 0.3) is 55.1 Å². The standard InChI is InChI=1S/C44H40N6O/c1-28-11-9-14-37-38-15-10-12-29(2)43(38)49(42(28)37)31-19-20-45-41(24-31)50-39-16-8-7-13-35(39)36-18-17-33(25-40(36)50)51-34-22-30(44(3,4)5)21-32(23-34)48-27-47(6)26-46-48/h7-26H,27H2,1-6H3. The van der Waals surface area contributed by atoms with E-state index >= 15 is 0 Å². The lowest BCUT2D eigenvalue weighted by Crippen LogP contribution is -2.23. The van der Waals surface area contributed by atoms with E-state index in [1.165, 1.54) is 43.9 Å². The summed E-state index contributed by atoms with van der Waals surface area (Å²) in [4.78, 5) is 7.06. The quantitative estimate of drug-likeness (QED) is 0.183. The summed E-state index contributed by atoms with van der Waals surface area (Å²) in [6.45, 7) is 11.8. The van der Waals surface area contributed by atoms with Crippen molar-refractivity contribution in [3.05, 3.63) is 132 Å². The molecule has 0 atom stereocenters. The lowest BCUT2D eigenvalue weighted by Gasteiger charge is -2.24. The Hall–Kier alpha value is -6.08. The van der Waals surface area contributed by atoms with Gasteiger partial charge in [0.2, 0.25) is 0 Å². The van der Waals surface area contributed by atoms with E-state index in [4.69, 9.17) is 9.72 Å². The molecule has 0 spiro atoms. The van der Waals surface area contributed by atoms with Gasteiger partial charge >= 0.3 is 0 Å². The largest absolute Gasteiger partial charge is 0.457 e. The third-order valence-corrected chi connectivity index (χ3v) is 10.1. The predicted molar refractivity (Wildman–Crippen MR) is 211 cm³/mol. The fraction of sp³-hybridized carbons (Fsp3) is 0.182. The zero-order valence-corrected chi connectivity index (χ0v) is 29.8. The van der Waals surface area contributed by atoms with E-state index in [2.05, 4.69) is 163 Å². The number of rotatable bonds is 5. The molecule has 0 unspecified atom stereocenters. The summed E-state index contributed by atoms with van der Waals surface area (Å²) >= 11 is 0. The number of pyridine rings is 1. The molecule has 4 heterocycles. The van der Waals surface area contributed by atoms with E-state index < -0.39 is 0 Å². The molecule has 0 N–H and O–H groups in total. The molecule has 0 aliphatic carbocycles. The van der Waals surface area contributed by atoms with Gasteiger partial charge in [-0.3, -0.25) is 4.57 Å². The predicted octanol–water partition coefficient (Wildman–Crippen LogP) is 10.6. The van der Waals surface area contributed by atoms with Gasteiger partial charge in [0.15, 0.2) is 0 Å². The summed E-state index contributed by atoms with van der Waals surface area (Å²) in [6, 6.07) is 38.8. The van der Waals surface area contributed by atoms with Crippen LogP contribution in [0, 0.1) is 13.8 Å². The number of hydrazone groups is 1. The van der Waals surface area contributed by atoms with Crippen LogP contribution in [0.2, 0.25) is 0 Å². The number of hydrogen-bond donors (Lipinski definition) is 0. The van der Waals surface area contributed by atoms with E-state index in [0.29, 0.717) is 6.67 Å². The summed E-state index contributed by atoms with van der Waals surface area (Å²) in [5, 5.41) is 11.4. The van der Waals surface area contributed by atoms with Crippen molar-refractivity contribution in [2.75, 3.05) is 18.7 Å². The molecule has 0 saturated heterocycles. The minimum atomic E-state index is -0.0655. The second-order valence-corrected chi connectivity index (χ2v) is 14.8. The molecule has 8 aromatic rings. The van der Waals surface area contributed by atoms with Crippen molar-refractivity contribution in [1.82, 2.24) is 19.0 Å². The summed E-state index contributed by atoms with van der Waals surface area (Å²) in [5.41, 5.74) is 10.2. The maximum absolute atomic E-state index is 6.71. The first-order chi connectivity index (χ1) is 24.6. The van der Waals surface area contributed by atoms with Gasteiger partial charge in [-0.2, -0.15) is 5.10 Å². The number of fused-ring (bicyclic) bond motifs is 6. The number of ether oxygens (including phenoxy) is 1. The van der Waals surface area contributed by atoms with Crippen molar-refractivity contribution in [2.45, 2.75) is 40.0 Å². The SMILES string of the molecule is Cc1cccc2c3cccc(C)c3n(-c3ccnc(-n4c5ccccc5c5ccc(Oc6cc(N7CN(C)C=N7)cc(C(C)(C)C)c6)cc54)c3)c12. The van der Waals surface area contributed by atoms with E-state index in [9.17, 15) is 0 Å². The highest BCUT2D eigenvalue weighted by Crippen LogP contribution is 2.39. The van der Waals surface area contributed by atoms with Crippen LogP contribution < -0.4 is 9.75 Å². The number of hydrogen-bond acceptors (Lipinski definition) is 5. The molecule has 0 amide bonds. The lowest BCUT2D eigenvalue weighted by atomic mass is 9.86. The summed E-state index contributed by atoms with van der Waals surface area (Å²) in [6.07, 6.45) is 3.78. The van der Waals surface area contributed by atoms with Gasteiger partial charge in [-0.25, -0.2) is 9.99 Å². The third kappa shape index (κ3) is 5.11. The monoisotopic (exact) mass is 668 g/mol. The third-order valence-electron chi connectivity index (χ3n) is 10.1. The Balaban J connectivity index is 1.20. The Morgan fingerprint density at radius 3 is 2.04 bits per heavy atom. The topological polar surface area (TPSA) is 50.8 Å². The van der Waals surface area contributed by atoms with E-state index in [1.54, 1.807) is 0 Å². The van der Waals surface area contributed by atoms with Crippen LogP contribution >= 0.6 is 0 Å². The molecule has 0 radical (unpaired) electrons. The molecule has 0 bridgehead atoms. The number of nitrogens with zero attached hydrogens (tertiary/aromatic N) is 6. The van der Waals surface area contributed by atoms with Crippen molar-refractivity contribution in [3.8, 4) is 23.0 Å². The van der Waals surface area contributed by atoms with Crippen LogP contribution in [-0.4, -0.2) is 39.1 Å². The molecule has 252 valence electrons. The summed E-state index contributed by atoms with van der Waals surface area (Å²) in [5.74, 6) is 2.39.